The molecular formula is C15H21N7OS. The molecule has 0 bridgehead atoms. The zero-order valence-electron chi connectivity index (χ0n) is 13.7. The molecule has 1 N–H and O–H groups in total. The Labute approximate surface area is 145 Å². The van der Waals surface area contributed by atoms with E-state index in [0.717, 1.165) is 80.3 Å². The highest BCUT2D eigenvalue weighted by Crippen LogP contribution is 2.30. The van der Waals surface area contributed by atoms with Crippen LogP contribution in [0.3, 0.4) is 0 Å². The van der Waals surface area contributed by atoms with Gasteiger partial charge in [-0.3, -0.25) is 0 Å². The van der Waals surface area contributed by atoms with E-state index in [2.05, 4.69) is 25.1 Å². The second-order valence-corrected chi connectivity index (χ2v) is 6.56. The van der Waals surface area contributed by atoms with Gasteiger partial charge in [0, 0.05) is 39.3 Å². The lowest BCUT2D eigenvalue weighted by atomic mass is 10.3. The molecule has 128 valence electrons. The van der Waals surface area contributed by atoms with Crippen LogP contribution in [0.2, 0.25) is 0 Å². The minimum atomic E-state index is 0.717. The first-order valence-corrected chi connectivity index (χ1v) is 9.44. The number of anilines is 2. The third kappa shape index (κ3) is 2.99. The third-order valence-electron chi connectivity index (χ3n) is 4.32. The van der Waals surface area contributed by atoms with E-state index >= 15 is 0 Å². The number of thioether (sulfide) groups is 1. The van der Waals surface area contributed by atoms with Crippen molar-refractivity contribution < 1.29 is 4.74 Å². The number of aromatic nitrogens is 4. The van der Waals surface area contributed by atoms with E-state index in [1.54, 1.807) is 18.1 Å². The number of nitrogens with zero attached hydrogens (tertiary/aromatic N) is 6. The summed E-state index contributed by atoms with van der Waals surface area (Å²) < 4.78 is 5.48. The number of rotatable bonds is 3. The van der Waals surface area contributed by atoms with Gasteiger partial charge in [-0.25, -0.2) is 15.0 Å². The highest BCUT2D eigenvalue weighted by molar-refractivity contribution is 7.98. The maximum Gasteiger partial charge on any atom is 0.228 e. The maximum atomic E-state index is 5.48. The van der Waals surface area contributed by atoms with Crippen molar-refractivity contribution in [2.75, 3.05) is 68.5 Å². The van der Waals surface area contributed by atoms with Crippen molar-refractivity contribution in [3.05, 3.63) is 6.33 Å². The molecule has 2 aliphatic rings. The number of nitrogens with one attached hydrogen (secondary N) is 1. The summed E-state index contributed by atoms with van der Waals surface area (Å²) in [7, 11) is 0. The van der Waals surface area contributed by atoms with E-state index in [4.69, 9.17) is 14.7 Å². The van der Waals surface area contributed by atoms with Crippen LogP contribution in [0, 0.1) is 0 Å². The zero-order valence-corrected chi connectivity index (χ0v) is 14.6. The first-order valence-electron chi connectivity index (χ1n) is 8.22. The number of ether oxygens (including phenoxy) is 1. The Bertz CT molecular complexity index is 716. The number of piperazine rings is 1. The molecule has 2 aromatic heterocycles. The van der Waals surface area contributed by atoms with E-state index < -0.39 is 0 Å². The fraction of sp³-hybridized carbons (Fsp3) is 0.600. The first kappa shape index (κ1) is 15.8. The van der Waals surface area contributed by atoms with Crippen molar-refractivity contribution in [1.82, 2.24) is 25.3 Å². The number of morpholine rings is 1. The average Bonchev–Trinajstić information content (AvgIpc) is 2.68. The lowest BCUT2D eigenvalue weighted by Gasteiger charge is -2.31. The smallest absolute Gasteiger partial charge is 0.228 e. The van der Waals surface area contributed by atoms with Crippen molar-refractivity contribution in [2.24, 2.45) is 0 Å². The standard InChI is InChI=1S/C15H21N7OS/c1-24-14-12-11(17-10-18-14)13(21-6-8-23-9-7-21)20-15(19-12)22-4-2-16-3-5-22/h10,16H,2-9H2,1H3. The van der Waals surface area contributed by atoms with Gasteiger partial charge in [0.25, 0.3) is 0 Å². The summed E-state index contributed by atoms with van der Waals surface area (Å²) in [5.74, 6) is 1.67. The summed E-state index contributed by atoms with van der Waals surface area (Å²) in [6.07, 6.45) is 3.62. The summed E-state index contributed by atoms with van der Waals surface area (Å²) in [6.45, 7) is 6.82. The normalized spacial score (nSPS) is 19.0. The topological polar surface area (TPSA) is 79.3 Å². The van der Waals surface area contributed by atoms with E-state index in [-0.39, 0.29) is 0 Å². The molecule has 0 saturated carbocycles. The van der Waals surface area contributed by atoms with Gasteiger partial charge >= 0.3 is 0 Å². The molecule has 2 fully saturated rings. The second-order valence-electron chi connectivity index (χ2n) is 5.76. The molecule has 2 aromatic rings. The third-order valence-corrected chi connectivity index (χ3v) is 5.01. The summed E-state index contributed by atoms with van der Waals surface area (Å²) >= 11 is 1.59. The summed E-state index contributed by atoms with van der Waals surface area (Å²) in [6, 6.07) is 0. The fourth-order valence-electron chi connectivity index (χ4n) is 3.05. The minimum Gasteiger partial charge on any atom is -0.378 e. The van der Waals surface area contributed by atoms with Crippen LogP contribution in [0.1, 0.15) is 0 Å². The van der Waals surface area contributed by atoms with Crippen LogP contribution >= 0.6 is 11.8 Å². The Morgan fingerprint density at radius 2 is 1.79 bits per heavy atom. The Morgan fingerprint density at radius 3 is 2.54 bits per heavy atom. The van der Waals surface area contributed by atoms with Gasteiger partial charge in [-0.15, -0.1) is 11.8 Å². The predicted molar refractivity (Wildman–Crippen MR) is 95.0 cm³/mol. The van der Waals surface area contributed by atoms with Gasteiger partial charge < -0.3 is 19.9 Å². The van der Waals surface area contributed by atoms with Crippen molar-refractivity contribution >= 4 is 34.6 Å². The van der Waals surface area contributed by atoms with Crippen LogP contribution in [-0.4, -0.2) is 78.7 Å². The summed E-state index contributed by atoms with van der Waals surface area (Å²) in [4.78, 5) is 23.0. The molecule has 0 unspecified atom stereocenters. The SMILES string of the molecule is CSc1ncnc2c(N3CCOCC3)nc(N3CCNCC3)nc12. The molecule has 0 spiro atoms. The van der Waals surface area contributed by atoms with Gasteiger partial charge in [0.05, 0.1) is 13.2 Å². The molecule has 0 radical (unpaired) electrons. The molecule has 8 nitrogen and oxygen atoms in total. The highest BCUT2D eigenvalue weighted by atomic mass is 32.2. The summed E-state index contributed by atoms with van der Waals surface area (Å²) in [5.41, 5.74) is 1.67. The minimum absolute atomic E-state index is 0.717. The van der Waals surface area contributed by atoms with Crippen molar-refractivity contribution in [3.63, 3.8) is 0 Å². The van der Waals surface area contributed by atoms with Gasteiger partial charge in [0.2, 0.25) is 5.95 Å². The largest absolute Gasteiger partial charge is 0.378 e. The lowest BCUT2D eigenvalue weighted by molar-refractivity contribution is 0.122. The molecule has 9 heteroatoms. The predicted octanol–water partition coefficient (Wildman–Crippen LogP) is 0.388. The quantitative estimate of drug-likeness (QED) is 0.626. The van der Waals surface area contributed by atoms with Crippen LogP contribution in [0.15, 0.2) is 11.4 Å². The van der Waals surface area contributed by atoms with Crippen molar-refractivity contribution in [2.45, 2.75) is 5.03 Å². The fourth-order valence-corrected chi connectivity index (χ4v) is 3.54. The Balaban J connectivity index is 1.84. The number of hydrogen-bond donors (Lipinski definition) is 1. The van der Waals surface area contributed by atoms with Crippen molar-refractivity contribution in [3.8, 4) is 0 Å². The van der Waals surface area contributed by atoms with Crippen LogP contribution in [0.25, 0.3) is 11.0 Å². The molecule has 2 saturated heterocycles. The lowest BCUT2D eigenvalue weighted by Crippen LogP contribution is -2.44. The molecule has 0 amide bonds. The number of fused-ring (bicyclic) bond motifs is 1. The van der Waals surface area contributed by atoms with E-state index in [9.17, 15) is 0 Å². The summed E-state index contributed by atoms with van der Waals surface area (Å²) in [5, 5.41) is 4.27. The molecule has 0 aliphatic carbocycles. The molecule has 4 rings (SSSR count). The van der Waals surface area contributed by atoms with Crippen molar-refractivity contribution in [1.29, 1.82) is 0 Å². The van der Waals surface area contributed by atoms with Gasteiger partial charge in [-0.2, -0.15) is 4.98 Å². The van der Waals surface area contributed by atoms with Crippen LogP contribution in [0.5, 0.6) is 0 Å². The van der Waals surface area contributed by atoms with E-state index in [0.29, 0.717) is 0 Å². The monoisotopic (exact) mass is 347 g/mol. The highest BCUT2D eigenvalue weighted by Gasteiger charge is 2.22. The van der Waals surface area contributed by atoms with E-state index in [1.165, 1.54) is 0 Å². The molecule has 0 atom stereocenters. The van der Waals surface area contributed by atoms with Gasteiger partial charge in [-0.1, -0.05) is 0 Å². The Morgan fingerprint density at radius 1 is 1.00 bits per heavy atom. The molecular weight excluding hydrogens is 326 g/mol. The van der Waals surface area contributed by atoms with Crippen LogP contribution < -0.4 is 15.1 Å². The van der Waals surface area contributed by atoms with Gasteiger partial charge in [0.1, 0.15) is 22.4 Å². The second kappa shape index (κ2) is 7.04. The zero-order chi connectivity index (χ0) is 16.4. The molecule has 4 heterocycles. The molecule has 2 aliphatic heterocycles. The Hall–Kier alpha value is -1.71. The molecule has 0 aromatic carbocycles. The average molecular weight is 347 g/mol. The van der Waals surface area contributed by atoms with Crippen LogP contribution in [-0.2, 0) is 4.74 Å². The Kier molecular flexibility index (Phi) is 4.63. The number of hydrogen-bond acceptors (Lipinski definition) is 9. The molecule has 24 heavy (non-hydrogen) atoms. The van der Waals surface area contributed by atoms with E-state index in [1.807, 2.05) is 6.26 Å². The maximum absolute atomic E-state index is 5.48. The first-order chi connectivity index (χ1) is 11.9. The van der Waals surface area contributed by atoms with Gasteiger partial charge in [-0.05, 0) is 6.26 Å². The van der Waals surface area contributed by atoms with Gasteiger partial charge in [0.15, 0.2) is 5.82 Å². The van der Waals surface area contributed by atoms with Crippen LogP contribution in [0.4, 0.5) is 11.8 Å².